The Morgan fingerprint density at radius 3 is 2.54 bits per heavy atom. The molecule has 1 aromatic carbocycles. The van der Waals surface area contributed by atoms with E-state index >= 15 is 0 Å². The second-order valence-electron chi connectivity index (χ2n) is 5.50. The van der Waals surface area contributed by atoms with Crippen LogP contribution in [0.25, 0.3) is 0 Å². The molecule has 7 nitrogen and oxygen atoms in total. The molecule has 0 saturated carbocycles. The maximum absolute atomic E-state index is 12.1. The predicted octanol–water partition coefficient (Wildman–Crippen LogP) is 1.35. The lowest BCUT2D eigenvalue weighted by atomic mass is 10.3. The smallest absolute Gasteiger partial charge is 0.225 e. The molecule has 1 aromatic heterocycles. The molecule has 0 spiro atoms. The van der Waals surface area contributed by atoms with Crippen LogP contribution in [0, 0.1) is 6.92 Å². The number of anilines is 1. The Hall–Kier alpha value is -2.19. The summed E-state index contributed by atoms with van der Waals surface area (Å²) in [5, 5.41) is 0. The molecule has 8 heteroatoms. The van der Waals surface area contributed by atoms with Gasteiger partial charge in [0.1, 0.15) is 12.4 Å². The topological polar surface area (TPSA) is 84.4 Å². The number of nitrogens with one attached hydrogen (secondary N) is 1. The summed E-state index contributed by atoms with van der Waals surface area (Å²) in [4.78, 5) is 10.4. The van der Waals surface area contributed by atoms with Crippen LogP contribution >= 0.6 is 0 Å². The van der Waals surface area contributed by atoms with E-state index in [1.54, 1.807) is 23.1 Å². The Morgan fingerprint density at radius 1 is 1.17 bits per heavy atom. The van der Waals surface area contributed by atoms with E-state index in [4.69, 9.17) is 4.74 Å². The Balaban J connectivity index is 1.88. The first-order valence-electron chi connectivity index (χ1n) is 7.53. The molecule has 1 N–H and O–H groups in total. The van der Waals surface area contributed by atoms with Crippen molar-refractivity contribution in [2.75, 3.05) is 31.4 Å². The van der Waals surface area contributed by atoms with E-state index < -0.39 is 10.0 Å². The zero-order valence-corrected chi connectivity index (χ0v) is 14.9. The van der Waals surface area contributed by atoms with Gasteiger partial charge >= 0.3 is 0 Å². The van der Waals surface area contributed by atoms with E-state index in [1.165, 1.54) is 0 Å². The predicted molar refractivity (Wildman–Crippen MR) is 93.7 cm³/mol. The summed E-state index contributed by atoms with van der Waals surface area (Å²) in [6.45, 7) is 2.06. The van der Waals surface area contributed by atoms with Crippen molar-refractivity contribution in [2.45, 2.75) is 13.5 Å². The van der Waals surface area contributed by atoms with Gasteiger partial charge in [0, 0.05) is 19.8 Å². The summed E-state index contributed by atoms with van der Waals surface area (Å²) < 4.78 is 32.1. The third kappa shape index (κ3) is 5.78. The van der Waals surface area contributed by atoms with Crippen molar-refractivity contribution in [1.82, 2.24) is 14.7 Å². The highest BCUT2D eigenvalue weighted by molar-refractivity contribution is 7.89. The van der Waals surface area contributed by atoms with Gasteiger partial charge in [0.2, 0.25) is 16.0 Å². The average Bonchev–Trinajstić information content (AvgIpc) is 2.53. The van der Waals surface area contributed by atoms with Crippen molar-refractivity contribution in [1.29, 1.82) is 0 Å². The summed E-state index contributed by atoms with van der Waals surface area (Å²) in [5.74, 6) is 1.08. The largest absolute Gasteiger partial charge is 0.492 e. The van der Waals surface area contributed by atoms with E-state index in [0.717, 1.165) is 5.69 Å². The van der Waals surface area contributed by atoms with Crippen LogP contribution in [0.15, 0.2) is 36.4 Å². The standard InChI is InChI=1S/C16H22N4O3S/c1-13-11-14(19-16(18-13)20(2)3)12-17-24(21,22)10-9-23-15-7-5-4-6-8-15/h4-8,11,17H,9-10,12H2,1-3H3. The van der Waals surface area contributed by atoms with Crippen molar-refractivity contribution in [3.8, 4) is 5.75 Å². The molecule has 2 aromatic rings. The number of nitrogens with zero attached hydrogens (tertiary/aromatic N) is 3. The SMILES string of the molecule is Cc1cc(CNS(=O)(=O)CCOc2ccccc2)nc(N(C)C)n1. The lowest BCUT2D eigenvalue weighted by Crippen LogP contribution is -2.29. The Kier molecular flexibility index (Phi) is 6.10. The molecule has 130 valence electrons. The summed E-state index contributed by atoms with van der Waals surface area (Å²) in [5.41, 5.74) is 1.41. The highest BCUT2D eigenvalue weighted by Crippen LogP contribution is 2.09. The quantitative estimate of drug-likeness (QED) is 0.774. The van der Waals surface area contributed by atoms with Crippen LogP contribution in [0.4, 0.5) is 5.95 Å². The molecule has 0 aliphatic carbocycles. The molecular formula is C16H22N4O3S. The van der Waals surface area contributed by atoms with Gasteiger partial charge in [0.25, 0.3) is 0 Å². The molecule has 24 heavy (non-hydrogen) atoms. The second kappa shape index (κ2) is 8.07. The summed E-state index contributed by atoms with van der Waals surface area (Å²) in [7, 11) is 0.229. The molecule has 2 rings (SSSR count). The average molecular weight is 350 g/mol. The van der Waals surface area contributed by atoms with Crippen LogP contribution in [0.2, 0.25) is 0 Å². The first kappa shape index (κ1) is 18.2. The molecule has 0 amide bonds. The number of benzene rings is 1. The van der Waals surface area contributed by atoms with Crippen LogP contribution < -0.4 is 14.4 Å². The molecule has 0 atom stereocenters. The number of sulfonamides is 1. The summed E-state index contributed by atoms with van der Waals surface area (Å²) >= 11 is 0. The fraction of sp³-hybridized carbons (Fsp3) is 0.375. The first-order valence-corrected chi connectivity index (χ1v) is 9.18. The van der Waals surface area contributed by atoms with E-state index in [0.29, 0.717) is 17.4 Å². The third-order valence-corrected chi connectivity index (χ3v) is 4.42. The number of para-hydroxylation sites is 1. The lowest BCUT2D eigenvalue weighted by Gasteiger charge is -2.13. The number of hydrogen-bond donors (Lipinski definition) is 1. The number of rotatable bonds is 8. The van der Waals surface area contributed by atoms with Crippen molar-refractivity contribution >= 4 is 16.0 Å². The third-order valence-electron chi connectivity index (χ3n) is 3.13. The van der Waals surface area contributed by atoms with Gasteiger partial charge in [-0.2, -0.15) is 0 Å². The first-order chi connectivity index (χ1) is 11.4. The zero-order chi connectivity index (χ0) is 17.6. The summed E-state index contributed by atoms with van der Waals surface area (Å²) in [6, 6.07) is 10.9. The molecule has 0 unspecified atom stereocenters. The minimum atomic E-state index is -3.44. The Labute approximate surface area is 142 Å². The van der Waals surface area contributed by atoms with E-state index in [-0.39, 0.29) is 18.9 Å². The molecular weight excluding hydrogens is 328 g/mol. The number of hydrogen-bond acceptors (Lipinski definition) is 6. The molecule has 0 fully saturated rings. The number of ether oxygens (including phenoxy) is 1. The molecule has 1 heterocycles. The fourth-order valence-corrected chi connectivity index (χ4v) is 2.76. The van der Waals surface area contributed by atoms with Crippen molar-refractivity contribution in [3.05, 3.63) is 47.8 Å². The number of aromatic nitrogens is 2. The summed E-state index contributed by atoms with van der Waals surface area (Å²) in [6.07, 6.45) is 0. The Bertz CT molecular complexity index is 764. The molecule has 0 aliphatic rings. The van der Waals surface area contributed by atoms with Gasteiger partial charge in [-0.15, -0.1) is 0 Å². The highest BCUT2D eigenvalue weighted by atomic mass is 32.2. The minimum Gasteiger partial charge on any atom is -0.492 e. The molecule has 0 aliphatic heterocycles. The van der Waals surface area contributed by atoms with Crippen molar-refractivity contribution < 1.29 is 13.2 Å². The minimum absolute atomic E-state index is 0.0884. The van der Waals surface area contributed by atoms with Gasteiger partial charge < -0.3 is 9.64 Å². The van der Waals surface area contributed by atoms with Crippen LogP contribution in [-0.4, -0.2) is 44.8 Å². The van der Waals surface area contributed by atoms with Crippen LogP contribution in [-0.2, 0) is 16.6 Å². The van der Waals surface area contributed by atoms with E-state index in [9.17, 15) is 8.42 Å². The van der Waals surface area contributed by atoms with E-state index in [2.05, 4.69) is 14.7 Å². The molecule has 0 radical (unpaired) electrons. The van der Waals surface area contributed by atoms with Gasteiger partial charge in [-0.1, -0.05) is 18.2 Å². The van der Waals surface area contributed by atoms with Gasteiger partial charge in [-0.25, -0.2) is 23.1 Å². The molecule has 0 saturated heterocycles. The maximum Gasteiger partial charge on any atom is 0.225 e. The van der Waals surface area contributed by atoms with Gasteiger partial charge in [0.15, 0.2) is 0 Å². The lowest BCUT2D eigenvalue weighted by molar-refractivity contribution is 0.340. The monoisotopic (exact) mass is 350 g/mol. The van der Waals surface area contributed by atoms with Crippen LogP contribution in [0.3, 0.4) is 0 Å². The van der Waals surface area contributed by atoms with E-state index in [1.807, 2.05) is 39.2 Å². The maximum atomic E-state index is 12.1. The second-order valence-corrected chi connectivity index (χ2v) is 7.42. The number of aryl methyl sites for hydroxylation is 1. The zero-order valence-electron chi connectivity index (χ0n) is 14.1. The van der Waals surface area contributed by atoms with Crippen LogP contribution in [0.1, 0.15) is 11.4 Å². The van der Waals surface area contributed by atoms with Gasteiger partial charge in [-0.05, 0) is 25.1 Å². The highest BCUT2D eigenvalue weighted by Gasteiger charge is 2.12. The Morgan fingerprint density at radius 2 is 1.88 bits per heavy atom. The van der Waals surface area contributed by atoms with Crippen molar-refractivity contribution in [3.63, 3.8) is 0 Å². The molecule has 0 bridgehead atoms. The normalized spacial score (nSPS) is 11.3. The van der Waals surface area contributed by atoms with Gasteiger partial charge in [0.05, 0.1) is 18.0 Å². The fourth-order valence-electron chi connectivity index (χ4n) is 1.95. The van der Waals surface area contributed by atoms with Crippen LogP contribution in [0.5, 0.6) is 5.75 Å². The van der Waals surface area contributed by atoms with Crippen molar-refractivity contribution in [2.24, 2.45) is 0 Å². The van der Waals surface area contributed by atoms with Gasteiger partial charge in [-0.3, -0.25) is 0 Å².